The largest absolute Gasteiger partial charge is 0.368 e. The molecule has 12 heteroatoms. The van der Waals surface area contributed by atoms with Crippen molar-refractivity contribution in [3.8, 4) is 0 Å². The van der Waals surface area contributed by atoms with E-state index >= 15 is 0 Å². The fraction of sp³-hybridized carbons (Fsp3) is 0.727. The number of nitrogens with two attached hydrogens (primary N) is 4. The van der Waals surface area contributed by atoms with Crippen molar-refractivity contribution < 1.29 is 14.6 Å². The van der Waals surface area contributed by atoms with Crippen LogP contribution in [0.15, 0.2) is 4.99 Å². The van der Waals surface area contributed by atoms with Crippen molar-refractivity contribution in [3.63, 3.8) is 0 Å². The van der Waals surface area contributed by atoms with E-state index in [2.05, 4.69) is 4.99 Å². The number of nitrogens with zero attached hydrogens (tertiary/aromatic N) is 3. The minimum atomic E-state index is -0.831. The van der Waals surface area contributed by atoms with Crippen LogP contribution in [0.5, 0.6) is 0 Å². The average molecular weight is 330 g/mol. The third-order valence-corrected chi connectivity index (χ3v) is 3.42. The number of nitro groups is 1. The van der Waals surface area contributed by atoms with Crippen LogP contribution in [0.2, 0.25) is 0 Å². The van der Waals surface area contributed by atoms with Gasteiger partial charge in [0.15, 0.2) is 5.03 Å². The topological polar surface area (TPSA) is 209 Å². The van der Waals surface area contributed by atoms with Gasteiger partial charge in [-0.15, -0.1) is 0 Å². The predicted molar refractivity (Wildman–Crippen MR) is 81.1 cm³/mol. The second-order valence-corrected chi connectivity index (χ2v) is 5.29. The molecule has 1 fully saturated rings. The number of primary amides is 1. The number of guanidine groups is 1. The zero-order valence-electron chi connectivity index (χ0n) is 12.6. The third-order valence-electron chi connectivity index (χ3n) is 3.42. The minimum Gasteiger partial charge on any atom is -0.368 e. The lowest BCUT2D eigenvalue weighted by Gasteiger charge is -2.25. The van der Waals surface area contributed by atoms with E-state index in [9.17, 15) is 19.7 Å². The maximum atomic E-state index is 12.3. The molecule has 1 aliphatic heterocycles. The number of hydrazine groups is 1. The van der Waals surface area contributed by atoms with Crippen molar-refractivity contribution in [2.24, 2.45) is 27.9 Å². The second-order valence-electron chi connectivity index (χ2n) is 5.29. The van der Waals surface area contributed by atoms with Crippen molar-refractivity contribution in [1.29, 1.82) is 0 Å². The van der Waals surface area contributed by atoms with Crippen LogP contribution < -0.4 is 28.4 Å². The van der Waals surface area contributed by atoms with E-state index < -0.39 is 28.9 Å². The fourth-order valence-electron chi connectivity index (χ4n) is 2.36. The Labute approximate surface area is 132 Å². The van der Waals surface area contributed by atoms with E-state index in [0.29, 0.717) is 12.8 Å². The summed E-state index contributed by atoms with van der Waals surface area (Å²) in [6.45, 7) is 0.407. The Balaban J connectivity index is 2.45. The first-order valence-corrected chi connectivity index (χ1v) is 7.04. The van der Waals surface area contributed by atoms with Crippen molar-refractivity contribution in [3.05, 3.63) is 10.1 Å². The van der Waals surface area contributed by atoms with E-state index in [1.54, 1.807) is 5.43 Å². The van der Waals surface area contributed by atoms with Gasteiger partial charge in [-0.25, -0.2) is 15.1 Å². The summed E-state index contributed by atoms with van der Waals surface area (Å²) in [7, 11) is 0. The Morgan fingerprint density at radius 3 is 2.65 bits per heavy atom. The van der Waals surface area contributed by atoms with Gasteiger partial charge in [-0.05, 0) is 19.3 Å². The molecule has 0 bridgehead atoms. The zero-order chi connectivity index (χ0) is 17.6. The van der Waals surface area contributed by atoms with Gasteiger partial charge in [0.2, 0.25) is 11.8 Å². The molecule has 1 heterocycles. The molecule has 0 saturated carbocycles. The Morgan fingerprint density at radius 2 is 2.09 bits per heavy atom. The van der Waals surface area contributed by atoms with Crippen molar-refractivity contribution in [2.75, 3.05) is 13.1 Å². The molecular formula is C11H22N8O4. The molecular weight excluding hydrogens is 308 g/mol. The average Bonchev–Trinajstić information content (AvgIpc) is 2.84. The minimum absolute atomic E-state index is 0.173. The van der Waals surface area contributed by atoms with E-state index in [4.69, 9.17) is 22.9 Å². The standard InChI is InChI=1S/C11H22N8O4/c12-6-4-8(9(14)20)18(5-6)10(21)7(13)2-1-3-16-11(15)17-19(22)23/h6-8H,1-5,12-13H2,(H2,14,20)(H3,15,16,17)/t6-,7-,8-/m1/s1. The fourth-order valence-corrected chi connectivity index (χ4v) is 2.36. The van der Waals surface area contributed by atoms with Crippen molar-refractivity contribution in [2.45, 2.75) is 37.4 Å². The zero-order valence-corrected chi connectivity index (χ0v) is 12.6. The summed E-state index contributed by atoms with van der Waals surface area (Å²) >= 11 is 0. The molecule has 0 unspecified atom stereocenters. The highest BCUT2D eigenvalue weighted by Crippen LogP contribution is 2.18. The normalized spacial score (nSPS) is 22.7. The van der Waals surface area contributed by atoms with Crippen LogP contribution in [-0.4, -0.2) is 58.9 Å². The molecule has 130 valence electrons. The highest BCUT2D eigenvalue weighted by Gasteiger charge is 2.38. The number of hydrogen-bond donors (Lipinski definition) is 5. The monoisotopic (exact) mass is 330 g/mol. The molecule has 1 rings (SSSR count). The highest BCUT2D eigenvalue weighted by molar-refractivity contribution is 5.89. The predicted octanol–water partition coefficient (Wildman–Crippen LogP) is -3.40. The van der Waals surface area contributed by atoms with E-state index in [-0.39, 0.29) is 31.5 Å². The van der Waals surface area contributed by atoms with Crippen LogP contribution in [-0.2, 0) is 9.59 Å². The van der Waals surface area contributed by atoms with Gasteiger partial charge in [-0.1, -0.05) is 5.43 Å². The molecule has 0 radical (unpaired) electrons. The number of carbonyl (C=O) groups is 2. The SMILES string of the molecule is NC(=O)[C@H]1C[C@@H](N)CN1C(=O)[C@H](N)CCCN=C(N)N[N+](=O)[O-]. The van der Waals surface area contributed by atoms with Crippen molar-refractivity contribution in [1.82, 2.24) is 10.3 Å². The molecule has 12 nitrogen and oxygen atoms in total. The third kappa shape index (κ3) is 5.67. The summed E-state index contributed by atoms with van der Waals surface area (Å²) in [5, 5.41) is 9.29. The Hall–Kier alpha value is -2.47. The number of carbonyl (C=O) groups excluding carboxylic acids is 2. The van der Waals surface area contributed by atoms with Gasteiger partial charge in [0, 0.05) is 19.1 Å². The van der Waals surface area contributed by atoms with E-state index in [1.165, 1.54) is 4.90 Å². The second kappa shape index (κ2) is 8.24. The van der Waals surface area contributed by atoms with Gasteiger partial charge in [0.05, 0.1) is 6.04 Å². The lowest BCUT2D eigenvalue weighted by molar-refractivity contribution is -0.525. The quantitative estimate of drug-likeness (QED) is 0.104. The van der Waals surface area contributed by atoms with Gasteiger partial charge in [-0.3, -0.25) is 9.59 Å². The molecule has 0 aromatic carbocycles. The number of amides is 2. The van der Waals surface area contributed by atoms with Crippen LogP contribution in [0.3, 0.4) is 0 Å². The lowest BCUT2D eigenvalue weighted by Crippen LogP contribution is -2.50. The first-order chi connectivity index (χ1) is 10.7. The van der Waals surface area contributed by atoms with Crippen LogP contribution in [0.25, 0.3) is 0 Å². The summed E-state index contributed by atoms with van der Waals surface area (Å²) in [6.07, 6.45) is 1.00. The van der Waals surface area contributed by atoms with Gasteiger partial charge < -0.3 is 27.8 Å². The molecule has 2 amide bonds. The van der Waals surface area contributed by atoms with Gasteiger partial charge in [0.1, 0.15) is 6.04 Å². The van der Waals surface area contributed by atoms with Gasteiger partial charge in [0.25, 0.3) is 5.96 Å². The number of rotatable bonds is 7. The highest BCUT2D eigenvalue weighted by atomic mass is 16.7. The summed E-state index contributed by atoms with van der Waals surface area (Å²) in [6, 6.07) is -1.87. The molecule has 9 N–H and O–H groups in total. The maximum Gasteiger partial charge on any atom is 0.251 e. The van der Waals surface area contributed by atoms with E-state index in [1.807, 2.05) is 0 Å². The molecule has 0 aromatic heterocycles. The molecule has 0 aliphatic carbocycles. The lowest BCUT2D eigenvalue weighted by atomic mass is 10.1. The molecule has 0 spiro atoms. The summed E-state index contributed by atoms with van der Waals surface area (Å²) in [4.78, 5) is 38.7. The summed E-state index contributed by atoms with van der Waals surface area (Å²) < 4.78 is 0. The van der Waals surface area contributed by atoms with Gasteiger partial charge >= 0.3 is 0 Å². The molecule has 1 saturated heterocycles. The van der Waals surface area contributed by atoms with Crippen LogP contribution in [0, 0.1) is 10.1 Å². The van der Waals surface area contributed by atoms with Crippen molar-refractivity contribution >= 4 is 17.8 Å². The summed E-state index contributed by atoms with van der Waals surface area (Å²) in [5.74, 6) is -1.34. The Morgan fingerprint density at radius 1 is 1.43 bits per heavy atom. The first-order valence-electron chi connectivity index (χ1n) is 7.04. The molecule has 0 aromatic rings. The number of aliphatic imine (C=N–C) groups is 1. The molecule has 23 heavy (non-hydrogen) atoms. The molecule has 1 aliphatic rings. The van der Waals surface area contributed by atoms with E-state index in [0.717, 1.165) is 0 Å². The Bertz CT molecular complexity index is 496. The smallest absolute Gasteiger partial charge is 0.251 e. The Kier molecular flexibility index (Phi) is 6.65. The van der Waals surface area contributed by atoms with Crippen LogP contribution in [0.1, 0.15) is 19.3 Å². The van der Waals surface area contributed by atoms with Crippen LogP contribution in [0.4, 0.5) is 0 Å². The number of likely N-dealkylation sites (tertiary alicyclic amines) is 1. The first kappa shape index (κ1) is 18.6. The van der Waals surface area contributed by atoms with Crippen LogP contribution >= 0.6 is 0 Å². The maximum absolute atomic E-state index is 12.3. The summed E-state index contributed by atoms with van der Waals surface area (Å²) in [5.41, 5.74) is 23.8. The number of hydrogen-bond acceptors (Lipinski definition) is 7. The number of nitrogens with one attached hydrogen (secondary N) is 1. The molecule has 3 atom stereocenters. The van der Waals surface area contributed by atoms with Gasteiger partial charge in [-0.2, -0.15) is 0 Å².